The third-order valence-electron chi connectivity index (χ3n) is 10.8. The van der Waals surface area contributed by atoms with Crippen molar-refractivity contribution in [1.82, 2.24) is 0 Å². The lowest BCUT2D eigenvalue weighted by molar-refractivity contribution is 0.143. The molecule has 53 heavy (non-hydrogen) atoms. The van der Waals surface area contributed by atoms with E-state index in [-0.39, 0.29) is 0 Å². The summed E-state index contributed by atoms with van der Waals surface area (Å²) in [7, 11) is 8.56. The summed E-state index contributed by atoms with van der Waals surface area (Å²) in [6, 6.07) is 27.2. The molecule has 7 nitrogen and oxygen atoms in total. The molecule has 1 aliphatic heterocycles. The Hall–Kier alpha value is -4.50. The number of hydrogen-bond acceptors (Lipinski definition) is 7. The normalized spacial score (nSPS) is 16.4. The molecule has 0 aromatic heterocycles. The van der Waals surface area contributed by atoms with E-state index in [4.69, 9.17) is 33.2 Å². The van der Waals surface area contributed by atoms with Crippen LogP contribution in [0.4, 0.5) is 0 Å². The Kier molecular flexibility index (Phi) is 10.7. The van der Waals surface area contributed by atoms with Gasteiger partial charge in [0.25, 0.3) is 0 Å². The largest absolute Gasteiger partial charge is 0.497 e. The van der Waals surface area contributed by atoms with Crippen LogP contribution in [-0.2, 0) is 20.5 Å². The standard InChI is InChI=1S/C45H47BrO7/c1-7-8-23-52-33-16-11-30(12-17-33)45(29-9-14-32(49-4)15-10-29)20-19-35-42-41(36-27-39(50-5)40(51-6)28-37(36)43(35)53-45)34-18-13-31(46)26-38(34)44(42,21-24-47-2)22-25-48-3/h9-20,26-28H,7-8,21-25H2,1-6H3. The second-order valence-electron chi connectivity index (χ2n) is 13.6. The van der Waals surface area contributed by atoms with Crippen molar-refractivity contribution in [2.45, 2.75) is 43.6 Å². The van der Waals surface area contributed by atoms with Gasteiger partial charge in [-0.2, -0.15) is 0 Å². The molecule has 0 spiro atoms. The fourth-order valence-corrected chi connectivity index (χ4v) is 8.51. The molecule has 5 aromatic rings. The van der Waals surface area contributed by atoms with Crippen molar-refractivity contribution in [3.05, 3.63) is 117 Å². The number of halogens is 1. The Labute approximate surface area is 320 Å². The number of methoxy groups -OCH3 is 5. The van der Waals surface area contributed by atoms with E-state index in [1.165, 1.54) is 16.7 Å². The summed E-state index contributed by atoms with van der Waals surface area (Å²) in [5.41, 5.74) is 6.33. The van der Waals surface area contributed by atoms with Gasteiger partial charge in [0.1, 0.15) is 17.2 Å². The van der Waals surface area contributed by atoms with Gasteiger partial charge >= 0.3 is 0 Å². The first kappa shape index (κ1) is 36.8. The van der Waals surface area contributed by atoms with E-state index in [2.05, 4.69) is 89.6 Å². The number of hydrogen-bond donors (Lipinski definition) is 0. The molecule has 0 saturated heterocycles. The molecule has 0 N–H and O–H groups in total. The molecule has 0 radical (unpaired) electrons. The number of fused-ring (bicyclic) bond motifs is 8. The van der Waals surface area contributed by atoms with Crippen molar-refractivity contribution >= 4 is 32.8 Å². The van der Waals surface area contributed by atoms with Gasteiger partial charge in [-0.15, -0.1) is 0 Å². The highest BCUT2D eigenvalue weighted by Crippen LogP contribution is 2.61. The molecule has 5 aromatic carbocycles. The molecule has 1 aliphatic carbocycles. The predicted molar refractivity (Wildman–Crippen MR) is 214 cm³/mol. The number of rotatable bonds is 15. The first-order chi connectivity index (χ1) is 25.9. The topological polar surface area (TPSA) is 64.6 Å². The Bertz CT molecular complexity index is 2120. The molecule has 7 rings (SSSR count). The van der Waals surface area contributed by atoms with E-state index in [9.17, 15) is 0 Å². The molecule has 0 saturated carbocycles. The van der Waals surface area contributed by atoms with Crippen LogP contribution in [0, 0.1) is 0 Å². The minimum Gasteiger partial charge on any atom is -0.497 e. The first-order valence-corrected chi connectivity index (χ1v) is 19.0. The van der Waals surface area contributed by atoms with E-state index < -0.39 is 11.0 Å². The number of ether oxygens (including phenoxy) is 7. The summed E-state index contributed by atoms with van der Waals surface area (Å²) in [5, 5.41) is 1.96. The van der Waals surface area contributed by atoms with Crippen LogP contribution in [0.1, 0.15) is 60.4 Å². The van der Waals surface area contributed by atoms with Crippen molar-refractivity contribution < 1.29 is 33.2 Å². The Morgan fingerprint density at radius 3 is 1.89 bits per heavy atom. The third kappa shape index (κ3) is 6.34. The molecule has 2 aliphatic rings. The van der Waals surface area contributed by atoms with E-state index in [0.29, 0.717) is 31.3 Å². The van der Waals surface area contributed by atoms with Crippen LogP contribution in [0.2, 0.25) is 0 Å². The van der Waals surface area contributed by atoms with Gasteiger partial charge in [-0.3, -0.25) is 0 Å². The molecule has 0 bridgehead atoms. The highest BCUT2D eigenvalue weighted by molar-refractivity contribution is 9.10. The molecule has 1 atom stereocenters. The predicted octanol–water partition coefficient (Wildman–Crippen LogP) is 10.5. The molecule has 1 unspecified atom stereocenters. The van der Waals surface area contributed by atoms with Crippen molar-refractivity contribution in [2.75, 3.05) is 55.4 Å². The van der Waals surface area contributed by atoms with Crippen LogP contribution >= 0.6 is 15.9 Å². The van der Waals surface area contributed by atoms with Gasteiger partial charge in [0, 0.05) is 59.4 Å². The van der Waals surface area contributed by atoms with Gasteiger partial charge in [-0.05, 0) is 102 Å². The number of benzene rings is 5. The highest BCUT2D eigenvalue weighted by atomic mass is 79.9. The summed E-state index contributed by atoms with van der Waals surface area (Å²) >= 11 is 3.81. The van der Waals surface area contributed by atoms with E-state index in [0.717, 1.165) is 80.4 Å². The first-order valence-electron chi connectivity index (χ1n) is 18.2. The molecule has 0 amide bonds. The summed E-state index contributed by atoms with van der Waals surface area (Å²) in [5.74, 6) is 3.65. The maximum absolute atomic E-state index is 7.60. The summed E-state index contributed by atoms with van der Waals surface area (Å²) in [6.07, 6.45) is 8.05. The second-order valence-corrected chi connectivity index (χ2v) is 14.5. The van der Waals surface area contributed by atoms with Gasteiger partial charge in [0.2, 0.25) is 0 Å². The lowest BCUT2D eigenvalue weighted by Crippen LogP contribution is -2.36. The van der Waals surface area contributed by atoms with Crippen LogP contribution in [0.15, 0.2) is 89.4 Å². The van der Waals surface area contributed by atoms with Gasteiger partial charge in [0.05, 0.1) is 27.9 Å². The average Bonchev–Trinajstić information content (AvgIpc) is 3.48. The van der Waals surface area contributed by atoms with Gasteiger partial charge in [-0.25, -0.2) is 0 Å². The SMILES string of the molecule is CCCCOc1ccc(C2(c3ccc(OC)cc3)C=Cc3c4c(c5cc(OC)c(OC)cc5c3O2)-c2ccc(Br)cc2C4(CCOC)CCOC)cc1. The fourth-order valence-electron chi connectivity index (χ4n) is 8.15. The van der Waals surface area contributed by atoms with Crippen LogP contribution in [0.25, 0.3) is 28.0 Å². The van der Waals surface area contributed by atoms with Crippen molar-refractivity contribution in [3.63, 3.8) is 0 Å². The maximum Gasteiger partial charge on any atom is 0.178 e. The summed E-state index contributed by atoms with van der Waals surface area (Å²) in [6.45, 7) is 3.98. The lowest BCUT2D eigenvalue weighted by Gasteiger charge is -2.40. The van der Waals surface area contributed by atoms with E-state index in [1.807, 2.05) is 24.3 Å². The lowest BCUT2D eigenvalue weighted by atomic mass is 9.70. The summed E-state index contributed by atoms with van der Waals surface area (Å²) in [4.78, 5) is 0. The van der Waals surface area contributed by atoms with Crippen LogP contribution < -0.4 is 23.7 Å². The molecule has 1 heterocycles. The van der Waals surface area contributed by atoms with Gasteiger partial charge in [-0.1, -0.05) is 65.7 Å². The zero-order valence-electron chi connectivity index (χ0n) is 31.3. The van der Waals surface area contributed by atoms with Crippen LogP contribution in [0.5, 0.6) is 28.7 Å². The Balaban J connectivity index is 1.54. The van der Waals surface area contributed by atoms with Crippen LogP contribution in [-0.4, -0.2) is 55.4 Å². The quantitative estimate of drug-likeness (QED) is 0.0981. The Morgan fingerprint density at radius 1 is 0.679 bits per heavy atom. The van der Waals surface area contributed by atoms with Crippen molar-refractivity contribution in [2.24, 2.45) is 0 Å². The third-order valence-corrected chi connectivity index (χ3v) is 11.3. The molecule has 0 fully saturated rings. The summed E-state index contributed by atoms with van der Waals surface area (Å²) < 4.78 is 43.8. The fraction of sp³-hybridized carbons (Fsp3) is 0.333. The van der Waals surface area contributed by atoms with E-state index >= 15 is 0 Å². The van der Waals surface area contributed by atoms with Gasteiger partial charge < -0.3 is 33.2 Å². The van der Waals surface area contributed by atoms with E-state index in [1.54, 1.807) is 35.5 Å². The smallest absolute Gasteiger partial charge is 0.178 e. The van der Waals surface area contributed by atoms with Gasteiger partial charge in [0.15, 0.2) is 17.1 Å². The zero-order valence-corrected chi connectivity index (χ0v) is 32.9. The molecule has 8 heteroatoms. The molecular weight excluding hydrogens is 732 g/mol. The second kappa shape index (κ2) is 15.5. The van der Waals surface area contributed by atoms with Crippen molar-refractivity contribution in [1.29, 1.82) is 0 Å². The maximum atomic E-state index is 7.60. The Morgan fingerprint density at radius 2 is 1.30 bits per heavy atom. The van der Waals surface area contributed by atoms with Crippen molar-refractivity contribution in [3.8, 4) is 39.9 Å². The highest BCUT2D eigenvalue weighted by Gasteiger charge is 2.48. The monoisotopic (exact) mass is 778 g/mol. The molecular formula is C45H47BrO7. The zero-order chi connectivity index (χ0) is 37.2. The average molecular weight is 780 g/mol. The molecule has 276 valence electrons. The minimum absolute atomic E-state index is 0.433. The number of unbranched alkanes of at least 4 members (excludes halogenated alkanes) is 1. The minimum atomic E-state index is -0.980. The van der Waals surface area contributed by atoms with Crippen LogP contribution in [0.3, 0.4) is 0 Å².